The van der Waals surface area contributed by atoms with Gasteiger partial charge in [-0.25, -0.2) is 4.52 Å². The van der Waals surface area contributed by atoms with E-state index in [0.29, 0.717) is 5.92 Å². The van der Waals surface area contributed by atoms with Crippen molar-refractivity contribution in [2.24, 2.45) is 5.92 Å². The van der Waals surface area contributed by atoms with Gasteiger partial charge in [0.1, 0.15) is 0 Å². The molecule has 5 heterocycles. The van der Waals surface area contributed by atoms with Gasteiger partial charge in [0.25, 0.3) is 0 Å². The van der Waals surface area contributed by atoms with Crippen LogP contribution in [0.4, 0.5) is 11.4 Å². The van der Waals surface area contributed by atoms with E-state index in [4.69, 9.17) is 4.98 Å². The topological polar surface area (TPSA) is 70.4 Å². The predicted molar refractivity (Wildman–Crippen MR) is 168 cm³/mol. The molecule has 0 atom stereocenters. The van der Waals surface area contributed by atoms with Crippen LogP contribution < -0.4 is 10.6 Å². The fourth-order valence-electron chi connectivity index (χ4n) is 5.01. The summed E-state index contributed by atoms with van der Waals surface area (Å²) < 4.78 is 1.86. The van der Waals surface area contributed by atoms with Crippen LogP contribution in [0.5, 0.6) is 0 Å². The maximum absolute atomic E-state index is 4.69. The third kappa shape index (κ3) is 6.85. The van der Waals surface area contributed by atoms with Gasteiger partial charge in [-0.05, 0) is 95.2 Å². The number of likely N-dealkylation sites (tertiary alicyclic amines) is 1. The molecule has 1 aliphatic rings. The Bertz CT molecular complexity index is 1490. The Morgan fingerprint density at radius 3 is 2.48 bits per heavy atom. The van der Waals surface area contributed by atoms with Crippen LogP contribution in [0.3, 0.4) is 0 Å². The van der Waals surface area contributed by atoms with Crippen LogP contribution in [0, 0.1) is 12.8 Å². The summed E-state index contributed by atoms with van der Waals surface area (Å²) in [5.41, 5.74) is 10.8. The SMILES string of the molecule is C=Cc1cnn2ccc(C(=C)c3cc(NC(=C(C)C)C4CCN(C)CC4)cnc3C)cc12.CNc1cccnc1. The first-order valence-corrected chi connectivity index (χ1v) is 13.8. The second kappa shape index (κ2) is 13.2. The van der Waals surface area contributed by atoms with Gasteiger partial charge in [-0.3, -0.25) is 9.97 Å². The van der Waals surface area contributed by atoms with Crippen LogP contribution in [0.1, 0.15) is 49.1 Å². The van der Waals surface area contributed by atoms with Gasteiger partial charge >= 0.3 is 0 Å². The highest BCUT2D eigenvalue weighted by Crippen LogP contribution is 2.31. The van der Waals surface area contributed by atoms with E-state index in [1.807, 2.05) is 55.3 Å². The number of aryl methyl sites for hydroxylation is 1. The second-order valence-corrected chi connectivity index (χ2v) is 10.5. The zero-order valence-electron chi connectivity index (χ0n) is 24.4. The fraction of sp³-hybridized carbons (Fsp3) is 0.303. The summed E-state index contributed by atoms with van der Waals surface area (Å²) in [7, 11) is 4.07. The molecule has 5 rings (SSSR count). The molecule has 208 valence electrons. The average Bonchev–Trinajstić information content (AvgIpc) is 3.40. The summed E-state index contributed by atoms with van der Waals surface area (Å²) in [4.78, 5) is 11.0. The fourth-order valence-corrected chi connectivity index (χ4v) is 5.01. The van der Waals surface area contributed by atoms with E-state index in [1.54, 1.807) is 12.4 Å². The van der Waals surface area contributed by atoms with Gasteiger partial charge in [0.05, 0.1) is 29.3 Å². The summed E-state index contributed by atoms with van der Waals surface area (Å²) in [5, 5.41) is 11.1. The first-order chi connectivity index (χ1) is 19.3. The van der Waals surface area contributed by atoms with Gasteiger partial charge in [-0.15, -0.1) is 0 Å². The van der Waals surface area contributed by atoms with E-state index in [1.165, 1.54) is 24.1 Å². The van der Waals surface area contributed by atoms with E-state index in [9.17, 15) is 0 Å². The van der Waals surface area contributed by atoms with Crippen LogP contribution in [0.15, 0.2) is 85.7 Å². The summed E-state index contributed by atoms with van der Waals surface area (Å²) in [5.74, 6) is 0.561. The third-order valence-corrected chi connectivity index (χ3v) is 7.43. The Hall–Kier alpha value is -4.23. The van der Waals surface area contributed by atoms with Crippen LogP contribution in [-0.4, -0.2) is 51.7 Å². The number of nitrogens with one attached hydrogen (secondary N) is 2. The zero-order valence-corrected chi connectivity index (χ0v) is 24.4. The lowest BCUT2D eigenvalue weighted by Crippen LogP contribution is -2.32. The number of pyridine rings is 3. The lowest BCUT2D eigenvalue weighted by atomic mass is 9.91. The lowest BCUT2D eigenvalue weighted by Gasteiger charge is -2.32. The molecular weight excluding hydrogens is 494 g/mol. The number of aromatic nitrogens is 4. The van der Waals surface area contributed by atoms with Crippen molar-refractivity contribution in [1.82, 2.24) is 24.5 Å². The molecule has 4 aromatic heterocycles. The Kier molecular flexibility index (Phi) is 9.51. The molecule has 0 unspecified atom stereocenters. The maximum atomic E-state index is 4.69. The second-order valence-electron chi connectivity index (χ2n) is 10.5. The van der Waals surface area contributed by atoms with Crippen molar-refractivity contribution in [3.63, 3.8) is 0 Å². The molecular formula is C33H41N7. The van der Waals surface area contributed by atoms with E-state index >= 15 is 0 Å². The molecule has 0 radical (unpaired) electrons. The number of nitrogens with zero attached hydrogens (tertiary/aromatic N) is 5. The molecule has 4 aromatic rings. The van der Waals surface area contributed by atoms with E-state index in [0.717, 1.165) is 57.9 Å². The first kappa shape index (κ1) is 28.8. The molecule has 7 nitrogen and oxygen atoms in total. The molecule has 0 bridgehead atoms. The molecule has 0 amide bonds. The van der Waals surface area contributed by atoms with Crippen LogP contribution in [0.25, 0.3) is 17.2 Å². The molecule has 40 heavy (non-hydrogen) atoms. The first-order valence-electron chi connectivity index (χ1n) is 13.8. The standard InChI is InChI=1S/C27H33N5.C6H8N2/c1-7-21-16-29-32-13-10-23(14-26(21)32)19(4)25-15-24(17-28-20(25)5)30-27(18(2)3)22-8-11-31(6)12-9-22;1-7-6-3-2-4-8-5-6/h7,10,13-17,22,30H,1,4,8-9,11-12H2,2-3,5-6H3;2-5,7H,1H3. The van der Waals surface area contributed by atoms with Crippen LogP contribution in [0.2, 0.25) is 0 Å². The van der Waals surface area contributed by atoms with Crippen LogP contribution >= 0.6 is 0 Å². The quantitative estimate of drug-likeness (QED) is 0.268. The molecule has 0 aliphatic carbocycles. The van der Waals surface area contributed by atoms with E-state index in [-0.39, 0.29) is 0 Å². The number of piperidine rings is 1. The minimum atomic E-state index is 0.561. The molecule has 1 fully saturated rings. The predicted octanol–water partition coefficient (Wildman–Crippen LogP) is 6.91. The van der Waals surface area contributed by atoms with Crippen molar-refractivity contribution in [2.45, 2.75) is 33.6 Å². The number of fused-ring (bicyclic) bond motifs is 1. The Morgan fingerprint density at radius 1 is 1.07 bits per heavy atom. The largest absolute Gasteiger partial charge is 0.387 e. The number of anilines is 2. The summed E-state index contributed by atoms with van der Waals surface area (Å²) in [6, 6.07) is 10.2. The van der Waals surface area contributed by atoms with Crippen molar-refractivity contribution < 1.29 is 0 Å². The smallest absolute Gasteiger partial charge is 0.0739 e. The van der Waals surface area contributed by atoms with E-state index < -0.39 is 0 Å². The van der Waals surface area contributed by atoms with Gasteiger partial charge in [-0.1, -0.05) is 24.8 Å². The van der Waals surface area contributed by atoms with Crippen molar-refractivity contribution in [3.05, 3.63) is 108 Å². The molecule has 0 saturated carbocycles. The normalized spacial score (nSPS) is 13.7. The molecule has 0 spiro atoms. The van der Waals surface area contributed by atoms with Crippen molar-refractivity contribution in [2.75, 3.05) is 37.8 Å². The molecule has 7 heteroatoms. The average molecular weight is 536 g/mol. The number of allylic oxidation sites excluding steroid dienone is 2. The van der Waals surface area contributed by atoms with Gasteiger partial charge in [0.15, 0.2) is 0 Å². The summed E-state index contributed by atoms with van der Waals surface area (Å²) in [6.45, 7) is 17.0. The number of hydrogen-bond donors (Lipinski definition) is 2. The van der Waals surface area contributed by atoms with Gasteiger partial charge < -0.3 is 15.5 Å². The highest BCUT2D eigenvalue weighted by molar-refractivity contribution is 5.83. The molecule has 2 N–H and O–H groups in total. The van der Waals surface area contributed by atoms with Crippen molar-refractivity contribution in [3.8, 4) is 0 Å². The minimum absolute atomic E-state index is 0.561. The highest BCUT2D eigenvalue weighted by atomic mass is 15.2. The van der Waals surface area contributed by atoms with Crippen molar-refractivity contribution in [1.29, 1.82) is 0 Å². The third-order valence-electron chi connectivity index (χ3n) is 7.43. The monoisotopic (exact) mass is 535 g/mol. The Labute approximate surface area is 238 Å². The minimum Gasteiger partial charge on any atom is -0.387 e. The molecule has 0 aromatic carbocycles. The zero-order chi connectivity index (χ0) is 28.6. The number of rotatable bonds is 7. The van der Waals surface area contributed by atoms with Gasteiger partial charge in [0.2, 0.25) is 0 Å². The number of hydrogen-bond acceptors (Lipinski definition) is 6. The Morgan fingerprint density at radius 2 is 1.85 bits per heavy atom. The van der Waals surface area contributed by atoms with Gasteiger partial charge in [0, 0.05) is 54.1 Å². The van der Waals surface area contributed by atoms with E-state index in [2.05, 4.69) is 77.9 Å². The Balaban J connectivity index is 0.000000398. The van der Waals surface area contributed by atoms with Gasteiger partial charge in [-0.2, -0.15) is 5.10 Å². The molecule has 1 aliphatic heterocycles. The summed E-state index contributed by atoms with van der Waals surface area (Å²) >= 11 is 0. The van der Waals surface area contributed by atoms with Crippen LogP contribution in [-0.2, 0) is 0 Å². The highest BCUT2D eigenvalue weighted by Gasteiger charge is 2.22. The maximum Gasteiger partial charge on any atom is 0.0739 e. The lowest BCUT2D eigenvalue weighted by molar-refractivity contribution is 0.238. The van der Waals surface area contributed by atoms with Crippen molar-refractivity contribution >= 4 is 28.5 Å². The summed E-state index contributed by atoms with van der Waals surface area (Å²) in [6.07, 6.45) is 13.4. The molecule has 1 saturated heterocycles.